The van der Waals surface area contributed by atoms with E-state index < -0.39 is 0 Å². The molecule has 1 heterocycles. The Morgan fingerprint density at radius 1 is 1.40 bits per heavy atom. The van der Waals surface area contributed by atoms with E-state index in [-0.39, 0.29) is 17.7 Å². The highest BCUT2D eigenvalue weighted by molar-refractivity contribution is 5.80. The van der Waals surface area contributed by atoms with Gasteiger partial charge in [0, 0.05) is 6.54 Å². The van der Waals surface area contributed by atoms with Gasteiger partial charge in [0.15, 0.2) is 0 Å². The number of carbonyl (C=O) groups is 1. The van der Waals surface area contributed by atoms with Crippen LogP contribution in [0.25, 0.3) is 0 Å². The standard InChI is InChI=1S/C11H14N2O2/c12-11(15)10-5-8(6-13-10)7-1-3-9(14)4-2-7/h1-4,8,10,13-14H,5-6H2,(H2,12,15). The van der Waals surface area contributed by atoms with Crippen LogP contribution in [0.5, 0.6) is 5.75 Å². The summed E-state index contributed by atoms with van der Waals surface area (Å²) in [6.07, 6.45) is 0.736. The molecule has 2 unspecified atom stereocenters. The number of phenols is 1. The first kappa shape index (κ1) is 9.98. The molecule has 80 valence electrons. The molecule has 2 atom stereocenters. The number of amides is 1. The highest BCUT2D eigenvalue weighted by Gasteiger charge is 2.28. The predicted molar refractivity (Wildman–Crippen MR) is 56.4 cm³/mol. The van der Waals surface area contributed by atoms with Gasteiger partial charge in [0.25, 0.3) is 0 Å². The Bertz CT molecular complexity index is 361. The molecule has 1 saturated heterocycles. The molecule has 0 saturated carbocycles. The van der Waals surface area contributed by atoms with Gasteiger partial charge in [-0.1, -0.05) is 12.1 Å². The molecule has 1 aromatic carbocycles. The Kier molecular flexibility index (Phi) is 2.60. The van der Waals surface area contributed by atoms with Crippen molar-refractivity contribution >= 4 is 5.91 Å². The first-order valence-electron chi connectivity index (χ1n) is 4.98. The molecule has 0 spiro atoms. The average Bonchev–Trinajstić information content (AvgIpc) is 2.68. The summed E-state index contributed by atoms with van der Waals surface area (Å²) < 4.78 is 0. The predicted octanol–water partition coefficient (Wildman–Crippen LogP) is 0.323. The minimum absolute atomic E-state index is 0.219. The normalized spacial score (nSPS) is 25.3. The number of rotatable bonds is 2. The van der Waals surface area contributed by atoms with Crippen molar-refractivity contribution in [2.75, 3.05) is 6.54 Å². The number of hydrogen-bond acceptors (Lipinski definition) is 3. The highest BCUT2D eigenvalue weighted by Crippen LogP contribution is 2.26. The summed E-state index contributed by atoms with van der Waals surface area (Å²) >= 11 is 0. The van der Waals surface area contributed by atoms with Crippen molar-refractivity contribution < 1.29 is 9.90 Å². The monoisotopic (exact) mass is 206 g/mol. The molecule has 4 N–H and O–H groups in total. The molecule has 1 fully saturated rings. The van der Waals surface area contributed by atoms with E-state index in [1.165, 1.54) is 0 Å². The van der Waals surface area contributed by atoms with Crippen molar-refractivity contribution in [1.29, 1.82) is 0 Å². The quantitative estimate of drug-likeness (QED) is 0.652. The smallest absolute Gasteiger partial charge is 0.234 e. The Balaban J connectivity index is 2.07. The third kappa shape index (κ3) is 2.10. The highest BCUT2D eigenvalue weighted by atomic mass is 16.3. The second-order valence-electron chi connectivity index (χ2n) is 3.89. The Labute approximate surface area is 88.1 Å². The molecule has 0 bridgehead atoms. The third-order valence-electron chi connectivity index (χ3n) is 2.84. The van der Waals surface area contributed by atoms with Crippen molar-refractivity contribution in [2.24, 2.45) is 5.73 Å². The van der Waals surface area contributed by atoms with Crippen LogP contribution in [-0.4, -0.2) is 23.6 Å². The minimum atomic E-state index is -0.295. The van der Waals surface area contributed by atoms with Crippen LogP contribution in [0.1, 0.15) is 17.9 Å². The first-order chi connectivity index (χ1) is 7.16. The maximum absolute atomic E-state index is 11.0. The van der Waals surface area contributed by atoms with E-state index in [1.807, 2.05) is 12.1 Å². The van der Waals surface area contributed by atoms with Crippen LogP contribution in [0.3, 0.4) is 0 Å². The summed E-state index contributed by atoms with van der Waals surface area (Å²) in [6, 6.07) is 6.86. The topological polar surface area (TPSA) is 75.4 Å². The number of phenolic OH excluding ortho intramolecular Hbond substituents is 1. The molecule has 0 aliphatic carbocycles. The zero-order chi connectivity index (χ0) is 10.8. The number of nitrogens with one attached hydrogen (secondary N) is 1. The molecule has 2 rings (SSSR count). The van der Waals surface area contributed by atoms with E-state index >= 15 is 0 Å². The number of nitrogens with two attached hydrogens (primary N) is 1. The van der Waals surface area contributed by atoms with Gasteiger partial charge < -0.3 is 16.2 Å². The van der Waals surface area contributed by atoms with Gasteiger partial charge in [-0.2, -0.15) is 0 Å². The second kappa shape index (κ2) is 3.90. The molecule has 4 nitrogen and oxygen atoms in total. The molecule has 0 radical (unpaired) electrons. The minimum Gasteiger partial charge on any atom is -0.508 e. The molecule has 0 aromatic heterocycles. The van der Waals surface area contributed by atoms with Crippen LogP contribution < -0.4 is 11.1 Å². The van der Waals surface area contributed by atoms with E-state index in [9.17, 15) is 4.79 Å². The van der Waals surface area contributed by atoms with E-state index in [1.54, 1.807) is 12.1 Å². The maximum atomic E-state index is 11.0. The van der Waals surface area contributed by atoms with Crippen LogP contribution >= 0.6 is 0 Å². The largest absolute Gasteiger partial charge is 0.508 e. The molecule has 15 heavy (non-hydrogen) atoms. The van der Waals surface area contributed by atoms with E-state index in [0.717, 1.165) is 18.5 Å². The van der Waals surface area contributed by atoms with Gasteiger partial charge in [0.1, 0.15) is 5.75 Å². The Morgan fingerprint density at radius 3 is 2.60 bits per heavy atom. The third-order valence-corrected chi connectivity index (χ3v) is 2.84. The fraction of sp³-hybridized carbons (Fsp3) is 0.364. The van der Waals surface area contributed by atoms with Crippen LogP contribution in [0.4, 0.5) is 0 Å². The zero-order valence-electron chi connectivity index (χ0n) is 8.31. The van der Waals surface area contributed by atoms with Crippen molar-refractivity contribution in [3.8, 4) is 5.75 Å². The Morgan fingerprint density at radius 2 is 2.07 bits per heavy atom. The summed E-state index contributed by atoms with van der Waals surface area (Å²) in [5.41, 5.74) is 6.35. The van der Waals surface area contributed by atoms with E-state index in [0.29, 0.717) is 5.92 Å². The number of benzene rings is 1. The molecular weight excluding hydrogens is 192 g/mol. The van der Waals surface area contributed by atoms with Crippen LogP contribution in [0.15, 0.2) is 24.3 Å². The number of primary amides is 1. The van der Waals surface area contributed by atoms with E-state index in [4.69, 9.17) is 10.8 Å². The van der Waals surface area contributed by atoms with Crippen molar-refractivity contribution in [3.63, 3.8) is 0 Å². The van der Waals surface area contributed by atoms with Gasteiger partial charge in [-0.15, -0.1) is 0 Å². The number of carbonyl (C=O) groups excluding carboxylic acids is 1. The van der Waals surface area contributed by atoms with Gasteiger partial charge in [-0.25, -0.2) is 0 Å². The van der Waals surface area contributed by atoms with Crippen molar-refractivity contribution in [2.45, 2.75) is 18.4 Å². The molecule has 1 amide bonds. The van der Waals surface area contributed by atoms with Gasteiger partial charge in [-0.05, 0) is 30.0 Å². The van der Waals surface area contributed by atoms with Gasteiger partial charge in [0.2, 0.25) is 5.91 Å². The van der Waals surface area contributed by atoms with Crippen molar-refractivity contribution in [1.82, 2.24) is 5.32 Å². The lowest BCUT2D eigenvalue weighted by Gasteiger charge is -2.08. The number of aromatic hydroxyl groups is 1. The zero-order valence-corrected chi connectivity index (χ0v) is 8.31. The number of hydrogen-bond donors (Lipinski definition) is 3. The molecule has 1 aliphatic heterocycles. The van der Waals surface area contributed by atoms with Crippen molar-refractivity contribution in [3.05, 3.63) is 29.8 Å². The fourth-order valence-corrected chi connectivity index (χ4v) is 1.95. The molecule has 1 aromatic rings. The van der Waals surface area contributed by atoms with Gasteiger partial charge in [0.05, 0.1) is 6.04 Å². The lowest BCUT2D eigenvalue weighted by Crippen LogP contribution is -2.36. The van der Waals surface area contributed by atoms with E-state index in [2.05, 4.69) is 5.32 Å². The lowest BCUT2D eigenvalue weighted by atomic mass is 9.96. The average molecular weight is 206 g/mol. The fourth-order valence-electron chi connectivity index (χ4n) is 1.95. The SMILES string of the molecule is NC(=O)C1CC(c2ccc(O)cc2)CN1. The van der Waals surface area contributed by atoms with Crippen LogP contribution in [-0.2, 0) is 4.79 Å². The summed E-state index contributed by atoms with van der Waals surface area (Å²) in [4.78, 5) is 11.0. The summed E-state index contributed by atoms with van der Waals surface area (Å²) in [6.45, 7) is 0.762. The summed E-state index contributed by atoms with van der Waals surface area (Å²) in [7, 11) is 0. The summed E-state index contributed by atoms with van der Waals surface area (Å²) in [5, 5.41) is 12.2. The van der Waals surface area contributed by atoms with Gasteiger partial charge >= 0.3 is 0 Å². The molecule has 4 heteroatoms. The maximum Gasteiger partial charge on any atom is 0.234 e. The first-order valence-corrected chi connectivity index (χ1v) is 4.98. The van der Waals surface area contributed by atoms with Gasteiger partial charge in [-0.3, -0.25) is 4.79 Å². The second-order valence-corrected chi connectivity index (χ2v) is 3.89. The molecule has 1 aliphatic rings. The molecular formula is C11H14N2O2. The lowest BCUT2D eigenvalue weighted by molar-refractivity contribution is -0.119. The Hall–Kier alpha value is -1.55. The van der Waals surface area contributed by atoms with Crippen LogP contribution in [0, 0.1) is 0 Å². The summed E-state index contributed by atoms with van der Waals surface area (Å²) in [5.74, 6) is 0.274. The van der Waals surface area contributed by atoms with Crippen LogP contribution in [0.2, 0.25) is 0 Å².